The van der Waals surface area contributed by atoms with Crippen LogP contribution in [0.25, 0.3) is 0 Å². The molecule has 0 bridgehead atoms. The first-order chi connectivity index (χ1) is 13.7. The van der Waals surface area contributed by atoms with Gasteiger partial charge in [-0.1, -0.05) is 6.92 Å². The maximum atomic E-state index is 13.0. The number of piperidine rings is 1. The SMILES string of the molecule is CCc1cc(C(=O)N2CCC[C@H](c3nnc(Cn4ccnc4)n3C)C2)ccn1. The van der Waals surface area contributed by atoms with E-state index in [-0.39, 0.29) is 11.8 Å². The molecule has 1 saturated heterocycles. The lowest BCUT2D eigenvalue weighted by atomic mass is 9.96. The van der Waals surface area contributed by atoms with Gasteiger partial charge in [0.05, 0.1) is 12.9 Å². The Bertz CT molecular complexity index is 947. The molecule has 1 amide bonds. The largest absolute Gasteiger partial charge is 0.338 e. The van der Waals surface area contributed by atoms with Gasteiger partial charge in [0, 0.05) is 55.9 Å². The molecule has 0 spiro atoms. The van der Waals surface area contributed by atoms with Crippen LogP contribution in [-0.4, -0.2) is 53.2 Å². The molecule has 0 aromatic carbocycles. The van der Waals surface area contributed by atoms with Gasteiger partial charge < -0.3 is 14.0 Å². The number of amides is 1. The number of carbonyl (C=O) groups excluding carboxylic acids is 1. The minimum absolute atomic E-state index is 0.0719. The van der Waals surface area contributed by atoms with Crippen LogP contribution in [0.2, 0.25) is 0 Å². The maximum Gasteiger partial charge on any atom is 0.253 e. The Labute approximate surface area is 164 Å². The molecule has 0 radical (unpaired) electrons. The average Bonchev–Trinajstić information content (AvgIpc) is 3.38. The first kappa shape index (κ1) is 18.3. The van der Waals surface area contributed by atoms with Crippen molar-refractivity contribution < 1.29 is 4.79 Å². The summed E-state index contributed by atoms with van der Waals surface area (Å²) in [5, 5.41) is 8.81. The van der Waals surface area contributed by atoms with Crippen molar-refractivity contribution >= 4 is 5.91 Å². The van der Waals surface area contributed by atoms with Crippen LogP contribution in [0.3, 0.4) is 0 Å². The lowest BCUT2D eigenvalue weighted by molar-refractivity contribution is 0.0703. The summed E-state index contributed by atoms with van der Waals surface area (Å²) in [7, 11) is 2.00. The van der Waals surface area contributed by atoms with E-state index in [2.05, 4.69) is 24.7 Å². The Morgan fingerprint density at radius 1 is 1.29 bits per heavy atom. The lowest BCUT2D eigenvalue weighted by Gasteiger charge is -2.32. The molecular weight excluding hydrogens is 354 g/mol. The van der Waals surface area contributed by atoms with Crippen LogP contribution in [0.15, 0.2) is 37.1 Å². The predicted molar refractivity (Wildman–Crippen MR) is 104 cm³/mol. The third-order valence-corrected chi connectivity index (χ3v) is 5.38. The number of aryl methyl sites for hydroxylation is 1. The monoisotopic (exact) mass is 379 g/mol. The van der Waals surface area contributed by atoms with Gasteiger partial charge in [0.15, 0.2) is 5.82 Å². The van der Waals surface area contributed by atoms with Crippen molar-refractivity contribution in [2.24, 2.45) is 7.05 Å². The number of hydrogen-bond donors (Lipinski definition) is 0. The molecule has 4 rings (SSSR count). The van der Waals surface area contributed by atoms with Gasteiger partial charge in [0.1, 0.15) is 5.82 Å². The van der Waals surface area contributed by atoms with Crippen molar-refractivity contribution in [3.63, 3.8) is 0 Å². The smallest absolute Gasteiger partial charge is 0.253 e. The molecular formula is C20H25N7O. The molecule has 1 aliphatic heterocycles. The van der Waals surface area contributed by atoms with Crippen molar-refractivity contribution in [1.82, 2.24) is 34.2 Å². The van der Waals surface area contributed by atoms with Crippen molar-refractivity contribution in [2.45, 2.75) is 38.6 Å². The van der Waals surface area contributed by atoms with Crippen molar-refractivity contribution in [3.8, 4) is 0 Å². The average molecular weight is 379 g/mol. The number of hydrogen-bond acceptors (Lipinski definition) is 5. The zero-order valence-corrected chi connectivity index (χ0v) is 16.3. The van der Waals surface area contributed by atoms with Gasteiger partial charge in [-0.05, 0) is 31.4 Å². The van der Waals surface area contributed by atoms with Crippen molar-refractivity contribution in [3.05, 3.63) is 60.0 Å². The van der Waals surface area contributed by atoms with E-state index in [0.717, 1.165) is 43.1 Å². The van der Waals surface area contributed by atoms with Gasteiger partial charge in [-0.15, -0.1) is 10.2 Å². The predicted octanol–water partition coefficient (Wildman–Crippen LogP) is 2.04. The van der Waals surface area contributed by atoms with Crippen molar-refractivity contribution in [2.75, 3.05) is 13.1 Å². The number of carbonyl (C=O) groups is 1. The van der Waals surface area contributed by atoms with Crippen LogP contribution >= 0.6 is 0 Å². The number of likely N-dealkylation sites (tertiary alicyclic amines) is 1. The molecule has 146 valence electrons. The second-order valence-corrected chi connectivity index (χ2v) is 7.25. The zero-order valence-electron chi connectivity index (χ0n) is 16.3. The van der Waals surface area contributed by atoms with E-state index in [4.69, 9.17) is 0 Å². The second kappa shape index (κ2) is 7.92. The summed E-state index contributed by atoms with van der Waals surface area (Å²) in [6.45, 7) is 4.12. The maximum absolute atomic E-state index is 13.0. The molecule has 28 heavy (non-hydrogen) atoms. The minimum atomic E-state index is 0.0719. The van der Waals surface area contributed by atoms with Crippen LogP contribution in [0.1, 0.15) is 53.4 Å². The molecule has 0 aliphatic carbocycles. The fourth-order valence-electron chi connectivity index (χ4n) is 3.77. The van der Waals surface area contributed by atoms with Crippen LogP contribution in [0, 0.1) is 0 Å². The highest BCUT2D eigenvalue weighted by atomic mass is 16.2. The standard InChI is InChI=1S/C20H25N7O/c1-3-17-11-15(6-7-22-17)20(28)27-9-4-5-16(12-27)19-24-23-18(25(19)2)13-26-10-8-21-14-26/h6-8,10-11,14,16H,3-5,9,12-13H2,1-2H3/t16-/m0/s1. The molecule has 3 aromatic heterocycles. The molecule has 3 aromatic rings. The summed E-state index contributed by atoms with van der Waals surface area (Å²) < 4.78 is 4.03. The summed E-state index contributed by atoms with van der Waals surface area (Å²) in [5.41, 5.74) is 1.66. The summed E-state index contributed by atoms with van der Waals surface area (Å²) >= 11 is 0. The van der Waals surface area contributed by atoms with Crippen LogP contribution in [-0.2, 0) is 20.0 Å². The molecule has 1 fully saturated rings. The van der Waals surface area contributed by atoms with Crippen LogP contribution < -0.4 is 0 Å². The molecule has 0 saturated carbocycles. The molecule has 8 nitrogen and oxygen atoms in total. The third-order valence-electron chi connectivity index (χ3n) is 5.38. The summed E-state index contributed by atoms with van der Waals surface area (Å²) in [6.07, 6.45) is 9.96. The highest BCUT2D eigenvalue weighted by Crippen LogP contribution is 2.27. The highest BCUT2D eigenvalue weighted by molar-refractivity contribution is 5.94. The van der Waals surface area contributed by atoms with E-state index < -0.39 is 0 Å². The van der Waals surface area contributed by atoms with Gasteiger partial charge >= 0.3 is 0 Å². The van der Waals surface area contributed by atoms with E-state index >= 15 is 0 Å². The number of pyridine rings is 1. The van der Waals surface area contributed by atoms with E-state index in [9.17, 15) is 4.79 Å². The Morgan fingerprint density at radius 3 is 2.96 bits per heavy atom. The fraction of sp³-hybridized carbons (Fsp3) is 0.450. The minimum Gasteiger partial charge on any atom is -0.338 e. The van der Waals surface area contributed by atoms with E-state index in [0.29, 0.717) is 18.7 Å². The highest BCUT2D eigenvalue weighted by Gasteiger charge is 2.29. The van der Waals surface area contributed by atoms with E-state index in [1.54, 1.807) is 24.8 Å². The molecule has 0 N–H and O–H groups in total. The lowest BCUT2D eigenvalue weighted by Crippen LogP contribution is -2.39. The number of imidazole rings is 1. The number of nitrogens with zero attached hydrogens (tertiary/aromatic N) is 7. The molecule has 1 aliphatic rings. The normalized spacial score (nSPS) is 17.1. The Morgan fingerprint density at radius 2 is 2.18 bits per heavy atom. The Balaban J connectivity index is 1.49. The van der Waals surface area contributed by atoms with Gasteiger partial charge in [0.25, 0.3) is 5.91 Å². The zero-order chi connectivity index (χ0) is 19.5. The first-order valence-corrected chi connectivity index (χ1v) is 9.73. The van der Waals surface area contributed by atoms with Gasteiger partial charge in [-0.25, -0.2) is 4.98 Å². The second-order valence-electron chi connectivity index (χ2n) is 7.25. The van der Waals surface area contributed by atoms with Gasteiger partial charge in [-0.2, -0.15) is 0 Å². The topological polar surface area (TPSA) is 81.7 Å². The summed E-state index contributed by atoms with van der Waals surface area (Å²) in [6, 6.07) is 3.70. The molecule has 1 atom stereocenters. The Hall–Kier alpha value is -3.03. The van der Waals surface area contributed by atoms with E-state index in [1.165, 1.54) is 0 Å². The van der Waals surface area contributed by atoms with Gasteiger partial charge in [0.2, 0.25) is 0 Å². The fourth-order valence-corrected chi connectivity index (χ4v) is 3.77. The summed E-state index contributed by atoms with van der Waals surface area (Å²) in [5.74, 6) is 2.09. The quantitative estimate of drug-likeness (QED) is 0.678. The molecule has 4 heterocycles. The third kappa shape index (κ3) is 3.67. The van der Waals surface area contributed by atoms with Gasteiger partial charge in [-0.3, -0.25) is 9.78 Å². The number of aromatic nitrogens is 6. The van der Waals surface area contributed by atoms with Crippen LogP contribution in [0.4, 0.5) is 0 Å². The van der Waals surface area contributed by atoms with Crippen LogP contribution in [0.5, 0.6) is 0 Å². The van der Waals surface area contributed by atoms with Crippen molar-refractivity contribution in [1.29, 1.82) is 0 Å². The Kier molecular flexibility index (Phi) is 5.18. The molecule has 8 heteroatoms. The first-order valence-electron chi connectivity index (χ1n) is 9.73. The molecule has 0 unspecified atom stereocenters. The summed E-state index contributed by atoms with van der Waals surface area (Å²) in [4.78, 5) is 23.3. The number of rotatable bonds is 5. The van der Waals surface area contributed by atoms with E-state index in [1.807, 2.05) is 35.7 Å².